The fourth-order valence-corrected chi connectivity index (χ4v) is 2.55. The second-order valence-electron chi connectivity index (χ2n) is 6.26. The Hall–Kier alpha value is -2.33. The summed E-state index contributed by atoms with van der Waals surface area (Å²) in [6.07, 6.45) is 0. The molecule has 3 aromatic rings. The summed E-state index contributed by atoms with van der Waals surface area (Å²) in [6.45, 7) is 7.76. The molecule has 0 fully saturated rings. The molecule has 24 heavy (non-hydrogen) atoms. The molecule has 0 saturated carbocycles. The van der Waals surface area contributed by atoms with Gasteiger partial charge in [-0.15, -0.1) is 0 Å². The van der Waals surface area contributed by atoms with E-state index in [0.717, 1.165) is 22.2 Å². The molecular formula is C19H19ClN2O2. The lowest BCUT2D eigenvalue weighted by molar-refractivity contribution is -0.118. The van der Waals surface area contributed by atoms with E-state index in [-0.39, 0.29) is 11.8 Å². The highest BCUT2D eigenvalue weighted by Crippen LogP contribution is 2.33. The standard InChI is InChI=1S/C19H19ClN2O2/c1-10(2)18(23)21-13-5-6-15(20)14(9-13)19-22-16-7-11(3)12(4)8-17(16)24-19/h5-10H,1-4H3,(H,21,23). The van der Waals surface area contributed by atoms with E-state index in [2.05, 4.69) is 10.3 Å². The number of oxazole rings is 1. The van der Waals surface area contributed by atoms with E-state index < -0.39 is 0 Å². The van der Waals surface area contributed by atoms with E-state index in [4.69, 9.17) is 16.0 Å². The number of amides is 1. The molecule has 0 aliphatic carbocycles. The first-order valence-corrected chi connectivity index (χ1v) is 8.21. The Bertz CT molecular complexity index is 890. The third-order valence-corrected chi connectivity index (χ3v) is 4.32. The molecule has 0 radical (unpaired) electrons. The fourth-order valence-electron chi connectivity index (χ4n) is 2.35. The van der Waals surface area contributed by atoms with Crippen molar-refractivity contribution >= 4 is 34.3 Å². The minimum Gasteiger partial charge on any atom is -0.436 e. The van der Waals surface area contributed by atoms with Crippen LogP contribution in [0.4, 0.5) is 5.69 Å². The number of halogens is 1. The summed E-state index contributed by atoms with van der Waals surface area (Å²) in [5, 5.41) is 3.39. The lowest BCUT2D eigenvalue weighted by Gasteiger charge is -2.09. The number of nitrogens with one attached hydrogen (secondary N) is 1. The number of fused-ring (bicyclic) bond motifs is 1. The molecule has 124 valence electrons. The Balaban J connectivity index is 2.03. The van der Waals surface area contributed by atoms with Gasteiger partial charge >= 0.3 is 0 Å². The van der Waals surface area contributed by atoms with Crippen LogP contribution in [0.25, 0.3) is 22.6 Å². The lowest BCUT2D eigenvalue weighted by atomic mass is 10.1. The van der Waals surface area contributed by atoms with Crippen molar-refractivity contribution in [2.45, 2.75) is 27.7 Å². The smallest absolute Gasteiger partial charge is 0.228 e. The van der Waals surface area contributed by atoms with Crippen molar-refractivity contribution in [1.82, 2.24) is 4.98 Å². The zero-order valence-corrected chi connectivity index (χ0v) is 14.9. The predicted molar refractivity (Wildman–Crippen MR) is 97.4 cm³/mol. The van der Waals surface area contributed by atoms with Crippen LogP contribution in [0.3, 0.4) is 0 Å². The number of aryl methyl sites for hydroxylation is 2. The van der Waals surface area contributed by atoms with E-state index in [9.17, 15) is 4.79 Å². The first-order chi connectivity index (χ1) is 11.3. The summed E-state index contributed by atoms with van der Waals surface area (Å²) in [6, 6.07) is 9.25. The van der Waals surface area contributed by atoms with Crippen molar-refractivity contribution in [3.63, 3.8) is 0 Å². The molecule has 3 rings (SSSR count). The van der Waals surface area contributed by atoms with Crippen molar-refractivity contribution in [1.29, 1.82) is 0 Å². The fraction of sp³-hybridized carbons (Fsp3) is 0.263. The van der Waals surface area contributed by atoms with Gasteiger partial charge in [0.1, 0.15) is 5.52 Å². The van der Waals surface area contributed by atoms with Gasteiger partial charge < -0.3 is 9.73 Å². The minimum atomic E-state index is -0.0978. The van der Waals surface area contributed by atoms with Crippen molar-refractivity contribution in [3.8, 4) is 11.5 Å². The van der Waals surface area contributed by atoms with Gasteiger partial charge in [0.05, 0.1) is 10.6 Å². The first kappa shape index (κ1) is 16.5. The molecule has 1 N–H and O–H groups in total. The van der Waals surface area contributed by atoms with Crippen LogP contribution in [0.2, 0.25) is 5.02 Å². The molecular weight excluding hydrogens is 324 g/mol. The van der Waals surface area contributed by atoms with Crippen LogP contribution in [0.5, 0.6) is 0 Å². The highest BCUT2D eigenvalue weighted by molar-refractivity contribution is 6.33. The number of hydrogen-bond donors (Lipinski definition) is 1. The monoisotopic (exact) mass is 342 g/mol. The summed E-state index contributed by atoms with van der Waals surface area (Å²) in [7, 11) is 0. The average Bonchev–Trinajstić information content (AvgIpc) is 2.92. The van der Waals surface area contributed by atoms with Gasteiger partial charge in [-0.05, 0) is 55.3 Å². The van der Waals surface area contributed by atoms with E-state index in [1.165, 1.54) is 0 Å². The molecule has 0 aliphatic rings. The number of carbonyl (C=O) groups excluding carboxylic acids is 1. The summed E-state index contributed by atoms with van der Waals surface area (Å²) in [5.41, 5.74) is 5.15. The number of hydrogen-bond acceptors (Lipinski definition) is 3. The topological polar surface area (TPSA) is 55.1 Å². The van der Waals surface area contributed by atoms with E-state index in [0.29, 0.717) is 22.2 Å². The third kappa shape index (κ3) is 3.15. The first-order valence-electron chi connectivity index (χ1n) is 7.83. The molecule has 0 bridgehead atoms. The van der Waals surface area contributed by atoms with Crippen LogP contribution < -0.4 is 5.32 Å². The van der Waals surface area contributed by atoms with Gasteiger partial charge in [-0.3, -0.25) is 4.79 Å². The average molecular weight is 343 g/mol. The van der Waals surface area contributed by atoms with Gasteiger partial charge in [-0.2, -0.15) is 0 Å². The molecule has 1 heterocycles. The minimum absolute atomic E-state index is 0.0490. The Morgan fingerprint density at radius 2 is 1.88 bits per heavy atom. The largest absolute Gasteiger partial charge is 0.436 e. The van der Waals surface area contributed by atoms with Gasteiger partial charge in [-0.1, -0.05) is 25.4 Å². The number of nitrogens with zero attached hydrogens (tertiary/aromatic N) is 1. The number of aromatic nitrogens is 1. The van der Waals surface area contributed by atoms with Gasteiger partial charge in [0, 0.05) is 11.6 Å². The summed E-state index contributed by atoms with van der Waals surface area (Å²) in [4.78, 5) is 16.4. The Kier molecular flexibility index (Phi) is 4.33. The maximum absolute atomic E-state index is 11.9. The van der Waals surface area contributed by atoms with Crippen LogP contribution in [0.15, 0.2) is 34.7 Å². The Labute approximate surface area is 145 Å². The molecule has 0 unspecified atom stereocenters. The molecule has 4 nitrogen and oxygen atoms in total. The van der Waals surface area contributed by atoms with Gasteiger partial charge in [0.25, 0.3) is 0 Å². The highest BCUT2D eigenvalue weighted by atomic mass is 35.5. The number of rotatable bonds is 3. The van der Waals surface area contributed by atoms with Crippen LogP contribution >= 0.6 is 11.6 Å². The number of benzene rings is 2. The molecule has 2 aromatic carbocycles. The second-order valence-corrected chi connectivity index (χ2v) is 6.67. The van der Waals surface area contributed by atoms with E-state index in [1.54, 1.807) is 18.2 Å². The quantitative estimate of drug-likeness (QED) is 0.697. The summed E-state index contributed by atoms with van der Waals surface area (Å²) >= 11 is 6.31. The molecule has 1 amide bonds. The van der Waals surface area contributed by atoms with Gasteiger partial charge in [-0.25, -0.2) is 4.98 Å². The van der Waals surface area contributed by atoms with Crippen molar-refractivity contribution < 1.29 is 9.21 Å². The van der Waals surface area contributed by atoms with Crippen LogP contribution in [0.1, 0.15) is 25.0 Å². The van der Waals surface area contributed by atoms with Crippen molar-refractivity contribution in [3.05, 3.63) is 46.5 Å². The second kappa shape index (κ2) is 6.29. The zero-order chi connectivity index (χ0) is 17.4. The molecule has 0 spiro atoms. The van der Waals surface area contributed by atoms with E-state index >= 15 is 0 Å². The number of anilines is 1. The normalized spacial score (nSPS) is 11.2. The zero-order valence-electron chi connectivity index (χ0n) is 14.1. The van der Waals surface area contributed by atoms with Gasteiger partial charge in [0.2, 0.25) is 11.8 Å². The maximum Gasteiger partial charge on any atom is 0.228 e. The highest BCUT2D eigenvalue weighted by Gasteiger charge is 2.15. The summed E-state index contributed by atoms with van der Waals surface area (Å²) < 4.78 is 5.87. The molecule has 0 aliphatic heterocycles. The van der Waals surface area contributed by atoms with Crippen LogP contribution in [-0.2, 0) is 4.79 Å². The molecule has 5 heteroatoms. The Morgan fingerprint density at radius 3 is 2.58 bits per heavy atom. The van der Waals surface area contributed by atoms with Crippen molar-refractivity contribution in [2.75, 3.05) is 5.32 Å². The Morgan fingerprint density at radius 1 is 1.17 bits per heavy atom. The predicted octanol–water partition coefficient (Wildman–Crippen LogP) is 5.36. The number of carbonyl (C=O) groups is 1. The lowest BCUT2D eigenvalue weighted by Crippen LogP contribution is -2.17. The third-order valence-electron chi connectivity index (χ3n) is 3.99. The van der Waals surface area contributed by atoms with E-state index in [1.807, 2.05) is 39.8 Å². The molecule has 1 aromatic heterocycles. The SMILES string of the molecule is Cc1cc2nc(-c3cc(NC(=O)C(C)C)ccc3Cl)oc2cc1C. The van der Waals surface area contributed by atoms with Crippen molar-refractivity contribution in [2.24, 2.45) is 5.92 Å². The maximum atomic E-state index is 11.9. The van der Waals surface area contributed by atoms with Gasteiger partial charge in [0.15, 0.2) is 5.58 Å². The van der Waals surface area contributed by atoms with Crippen LogP contribution in [-0.4, -0.2) is 10.9 Å². The summed E-state index contributed by atoms with van der Waals surface area (Å²) in [5.74, 6) is 0.298. The molecule has 0 saturated heterocycles. The molecule has 0 atom stereocenters. The van der Waals surface area contributed by atoms with Crippen LogP contribution in [0, 0.1) is 19.8 Å².